The summed E-state index contributed by atoms with van der Waals surface area (Å²) in [4.78, 5) is 26.0. The second-order valence-electron chi connectivity index (χ2n) is 6.12. The standard InChI is InChI=1S/C21H21NO6/c1-12-19(13-6-7-15(23)11-16(8-13)25-2)22(21(12)24)14-9-17(26-3)20(28-5)18(10-14)27-4/h6-11,19H,1H2,2-5H3/t19-/m1/s1. The molecule has 1 saturated heterocycles. The lowest BCUT2D eigenvalue weighted by atomic mass is 9.89. The third-order valence-corrected chi connectivity index (χ3v) is 4.59. The lowest BCUT2D eigenvalue weighted by Gasteiger charge is -2.42. The van der Waals surface area contributed by atoms with Crippen LogP contribution < -0.4 is 29.3 Å². The van der Waals surface area contributed by atoms with Crippen LogP contribution in [0.15, 0.2) is 53.3 Å². The SMILES string of the molecule is C=C1C(=O)N(c2cc(OC)c(OC)c(OC)c2)[C@H]1c1ccc(=O)cc(OC)c1. The summed E-state index contributed by atoms with van der Waals surface area (Å²) in [7, 11) is 6.01. The number of benzene rings is 1. The Labute approximate surface area is 162 Å². The van der Waals surface area contributed by atoms with Gasteiger partial charge in [-0.3, -0.25) is 14.5 Å². The van der Waals surface area contributed by atoms with Gasteiger partial charge in [0, 0.05) is 23.8 Å². The first kappa shape index (κ1) is 19.3. The molecule has 1 aliphatic heterocycles. The number of β-lactam (4-membered cyclic amide) rings is 1. The van der Waals surface area contributed by atoms with E-state index in [1.165, 1.54) is 40.6 Å². The van der Waals surface area contributed by atoms with Crippen molar-refractivity contribution < 1.29 is 23.7 Å². The van der Waals surface area contributed by atoms with Crippen LogP contribution in [0.2, 0.25) is 0 Å². The highest BCUT2D eigenvalue weighted by atomic mass is 16.5. The molecule has 0 aromatic heterocycles. The van der Waals surface area contributed by atoms with Crippen LogP contribution in [0.25, 0.3) is 0 Å². The summed E-state index contributed by atoms with van der Waals surface area (Å²) >= 11 is 0. The van der Waals surface area contributed by atoms with Crippen LogP contribution >= 0.6 is 0 Å². The predicted octanol–water partition coefficient (Wildman–Crippen LogP) is 2.73. The summed E-state index contributed by atoms with van der Waals surface area (Å²) in [5, 5.41) is 0. The second-order valence-corrected chi connectivity index (χ2v) is 6.12. The van der Waals surface area contributed by atoms with Gasteiger partial charge in [0.25, 0.3) is 5.91 Å². The van der Waals surface area contributed by atoms with Crippen molar-refractivity contribution in [2.24, 2.45) is 0 Å². The summed E-state index contributed by atoms with van der Waals surface area (Å²) in [6, 6.07) is 9.14. The molecule has 1 heterocycles. The van der Waals surface area contributed by atoms with Crippen LogP contribution in [-0.4, -0.2) is 34.3 Å². The Morgan fingerprint density at radius 2 is 1.50 bits per heavy atom. The highest BCUT2D eigenvalue weighted by molar-refractivity contribution is 6.15. The molecule has 2 aromatic carbocycles. The number of amides is 1. The number of hydrogen-bond acceptors (Lipinski definition) is 6. The highest BCUT2D eigenvalue weighted by Gasteiger charge is 2.43. The third kappa shape index (κ3) is 3.15. The quantitative estimate of drug-likeness (QED) is 0.564. The molecule has 1 aliphatic rings. The summed E-state index contributed by atoms with van der Waals surface area (Å²) in [6.07, 6.45) is 0. The molecular formula is C21H21NO6. The van der Waals surface area contributed by atoms with Crippen molar-refractivity contribution in [3.8, 4) is 23.0 Å². The molecule has 0 aliphatic carbocycles. The number of rotatable bonds is 6. The van der Waals surface area contributed by atoms with E-state index in [1.54, 1.807) is 29.2 Å². The Bertz CT molecular complexity index is 975. The van der Waals surface area contributed by atoms with Gasteiger partial charge in [0.15, 0.2) is 16.9 Å². The van der Waals surface area contributed by atoms with E-state index in [1.807, 2.05) is 0 Å². The van der Waals surface area contributed by atoms with Gasteiger partial charge < -0.3 is 18.9 Å². The fraction of sp³-hybridized carbons (Fsp3) is 0.238. The molecule has 1 fully saturated rings. The fourth-order valence-corrected chi connectivity index (χ4v) is 3.21. The number of anilines is 1. The Kier molecular flexibility index (Phi) is 5.26. The molecule has 0 saturated carbocycles. The van der Waals surface area contributed by atoms with E-state index < -0.39 is 6.04 Å². The van der Waals surface area contributed by atoms with Gasteiger partial charge in [-0.2, -0.15) is 0 Å². The molecule has 1 atom stereocenters. The molecule has 146 valence electrons. The third-order valence-electron chi connectivity index (χ3n) is 4.59. The van der Waals surface area contributed by atoms with Crippen LogP contribution in [-0.2, 0) is 4.79 Å². The Balaban J connectivity index is 2.12. The number of nitrogens with zero attached hydrogens (tertiary/aromatic N) is 1. The summed E-state index contributed by atoms with van der Waals surface area (Å²) in [5.74, 6) is 1.47. The van der Waals surface area contributed by atoms with E-state index in [0.717, 1.165) is 0 Å². The first-order valence-corrected chi connectivity index (χ1v) is 8.46. The van der Waals surface area contributed by atoms with Gasteiger partial charge >= 0.3 is 0 Å². The average molecular weight is 383 g/mol. The van der Waals surface area contributed by atoms with Gasteiger partial charge in [0.2, 0.25) is 5.75 Å². The first-order chi connectivity index (χ1) is 13.4. The molecular weight excluding hydrogens is 362 g/mol. The van der Waals surface area contributed by atoms with Crippen LogP contribution in [0, 0.1) is 0 Å². The minimum absolute atomic E-state index is 0.196. The van der Waals surface area contributed by atoms with Crippen LogP contribution in [0.4, 0.5) is 5.69 Å². The van der Waals surface area contributed by atoms with Gasteiger partial charge in [-0.1, -0.05) is 12.6 Å². The normalized spacial score (nSPS) is 15.7. The largest absolute Gasteiger partial charge is 0.497 e. The molecule has 7 heteroatoms. The van der Waals surface area contributed by atoms with Crippen molar-refractivity contribution in [1.29, 1.82) is 0 Å². The zero-order chi connectivity index (χ0) is 20.4. The van der Waals surface area contributed by atoms with Crippen molar-refractivity contribution in [2.45, 2.75) is 6.04 Å². The number of methoxy groups -OCH3 is 4. The van der Waals surface area contributed by atoms with Crippen molar-refractivity contribution in [2.75, 3.05) is 33.3 Å². The minimum atomic E-state index is -0.448. The van der Waals surface area contributed by atoms with Gasteiger partial charge in [-0.15, -0.1) is 0 Å². The molecule has 1 amide bonds. The first-order valence-electron chi connectivity index (χ1n) is 8.46. The molecule has 7 nitrogen and oxygen atoms in total. The van der Waals surface area contributed by atoms with Gasteiger partial charge in [-0.25, -0.2) is 0 Å². The van der Waals surface area contributed by atoms with E-state index in [4.69, 9.17) is 18.9 Å². The molecule has 0 unspecified atom stereocenters. The van der Waals surface area contributed by atoms with Crippen molar-refractivity contribution in [3.05, 3.63) is 64.3 Å². The van der Waals surface area contributed by atoms with Gasteiger partial charge in [0.1, 0.15) is 5.75 Å². The number of ether oxygens (including phenoxy) is 4. The van der Waals surface area contributed by atoms with E-state index in [2.05, 4.69) is 6.58 Å². The molecule has 0 N–H and O–H groups in total. The Morgan fingerprint density at radius 1 is 0.857 bits per heavy atom. The van der Waals surface area contributed by atoms with Crippen LogP contribution in [0.1, 0.15) is 11.6 Å². The predicted molar refractivity (Wildman–Crippen MR) is 105 cm³/mol. The van der Waals surface area contributed by atoms with E-state index in [9.17, 15) is 9.59 Å². The maximum absolute atomic E-state index is 12.6. The van der Waals surface area contributed by atoms with Crippen molar-refractivity contribution in [3.63, 3.8) is 0 Å². The maximum Gasteiger partial charge on any atom is 0.256 e. The second kappa shape index (κ2) is 7.64. The minimum Gasteiger partial charge on any atom is -0.497 e. The Morgan fingerprint density at radius 3 is 2.04 bits per heavy atom. The molecule has 0 spiro atoms. The van der Waals surface area contributed by atoms with E-state index >= 15 is 0 Å². The van der Waals surface area contributed by atoms with Crippen molar-refractivity contribution >= 4 is 11.6 Å². The van der Waals surface area contributed by atoms with Crippen LogP contribution in [0.5, 0.6) is 23.0 Å². The van der Waals surface area contributed by atoms with E-state index in [0.29, 0.717) is 39.8 Å². The molecule has 2 aromatic rings. The monoisotopic (exact) mass is 383 g/mol. The summed E-state index contributed by atoms with van der Waals surface area (Å²) in [5.41, 5.74) is 1.48. The zero-order valence-corrected chi connectivity index (χ0v) is 16.1. The zero-order valence-electron chi connectivity index (χ0n) is 16.1. The molecule has 28 heavy (non-hydrogen) atoms. The molecule has 0 radical (unpaired) electrons. The Hall–Kier alpha value is -3.48. The van der Waals surface area contributed by atoms with Gasteiger partial charge in [0.05, 0.1) is 40.2 Å². The smallest absolute Gasteiger partial charge is 0.256 e. The molecule has 3 rings (SSSR count). The summed E-state index contributed by atoms with van der Waals surface area (Å²) in [6.45, 7) is 3.89. The van der Waals surface area contributed by atoms with Gasteiger partial charge in [-0.05, 0) is 17.7 Å². The lowest BCUT2D eigenvalue weighted by molar-refractivity contribution is -0.118. The fourth-order valence-electron chi connectivity index (χ4n) is 3.21. The van der Waals surface area contributed by atoms with Crippen LogP contribution in [0.3, 0.4) is 0 Å². The number of carbonyl (C=O) groups is 1. The highest BCUT2D eigenvalue weighted by Crippen LogP contribution is 2.47. The lowest BCUT2D eigenvalue weighted by Crippen LogP contribution is -2.48. The summed E-state index contributed by atoms with van der Waals surface area (Å²) < 4.78 is 21.3. The van der Waals surface area contributed by atoms with E-state index in [-0.39, 0.29) is 11.3 Å². The number of carbonyl (C=O) groups excluding carboxylic acids is 1. The molecule has 0 bridgehead atoms. The maximum atomic E-state index is 12.6. The van der Waals surface area contributed by atoms with Crippen molar-refractivity contribution in [1.82, 2.24) is 0 Å². The topological polar surface area (TPSA) is 74.3 Å². The number of hydrogen-bond donors (Lipinski definition) is 0. The average Bonchev–Trinajstić information content (AvgIpc) is 2.90.